The molecule has 0 fully saturated rings. The van der Waals surface area contributed by atoms with Gasteiger partial charge in [-0.15, -0.1) is 0 Å². The second kappa shape index (κ2) is 6.02. The van der Waals surface area contributed by atoms with E-state index >= 15 is 0 Å². The number of hydrogen-bond donors (Lipinski definition) is 0. The molecule has 0 saturated carbocycles. The van der Waals surface area contributed by atoms with Crippen LogP contribution in [0.2, 0.25) is 5.15 Å². The Labute approximate surface area is 131 Å². The van der Waals surface area contributed by atoms with E-state index in [1.165, 1.54) is 5.56 Å². The predicted molar refractivity (Wildman–Crippen MR) is 86.3 cm³/mol. The van der Waals surface area contributed by atoms with E-state index in [0.717, 1.165) is 5.75 Å². The molecule has 21 heavy (non-hydrogen) atoms. The van der Waals surface area contributed by atoms with Crippen LogP contribution in [-0.2, 0) is 5.41 Å². The van der Waals surface area contributed by atoms with E-state index in [1.807, 2.05) is 32.9 Å². The summed E-state index contributed by atoms with van der Waals surface area (Å²) in [7, 11) is 0. The molecule has 2 rings (SSSR count). The summed E-state index contributed by atoms with van der Waals surface area (Å²) in [4.78, 5) is 8.70. The van der Waals surface area contributed by atoms with Gasteiger partial charge >= 0.3 is 0 Å². The fourth-order valence-corrected chi connectivity index (χ4v) is 2.00. The lowest BCUT2D eigenvalue weighted by Gasteiger charge is -2.17. The van der Waals surface area contributed by atoms with E-state index in [-0.39, 0.29) is 5.41 Å². The Balaban J connectivity index is 2.25. The molecule has 0 unspecified atom stereocenters. The van der Waals surface area contributed by atoms with Crippen molar-refractivity contribution in [3.63, 3.8) is 0 Å². The molecule has 0 radical (unpaired) electrons. The Morgan fingerprint density at radius 3 is 2.19 bits per heavy atom. The van der Waals surface area contributed by atoms with Gasteiger partial charge in [-0.3, -0.25) is 0 Å². The van der Waals surface area contributed by atoms with Gasteiger partial charge in [-0.05, 0) is 23.6 Å². The second-order valence-corrected chi connectivity index (χ2v) is 6.82. The van der Waals surface area contributed by atoms with E-state index in [1.54, 1.807) is 6.07 Å². The predicted octanol–water partition coefficient (Wildman–Crippen LogP) is 5.34. The molecule has 0 bridgehead atoms. The molecule has 0 saturated heterocycles. The first-order chi connectivity index (χ1) is 9.75. The van der Waals surface area contributed by atoms with Crippen LogP contribution >= 0.6 is 11.6 Å². The van der Waals surface area contributed by atoms with Crippen molar-refractivity contribution in [2.45, 2.75) is 46.0 Å². The molecule has 0 amide bonds. The summed E-state index contributed by atoms with van der Waals surface area (Å²) in [5.41, 5.74) is 1.10. The molecule has 0 N–H and O–H groups in total. The average molecular weight is 305 g/mol. The zero-order valence-corrected chi connectivity index (χ0v) is 13.9. The minimum absolute atomic E-state index is 0.176. The third-order valence-corrected chi connectivity index (χ3v) is 3.31. The third kappa shape index (κ3) is 4.18. The molecule has 0 spiro atoms. The van der Waals surface area contributed by atoms with Gasteiger partial charge in [0.05, 0.1) is 0 Å². The van der Waals surface area contributed by atoms with Crippen LogP contribution < -0.4 is 4.74 Å². The lowest BCUT2D eigenvalue weighted by Crippen LogP contribution is -2.16. The molecule has 2 aromatic rings. The number of aromatic nitrogens is 2. The number of ether oxygens (including phenoxy) is 1. The highest BCUT2D eigenvalue weighted by Gasteiger charge is 2.19. The van der Waals surface area contributed by atoms with Gasteiger partial charge in [0.25, 0.3) is 0 Å². The largest absolute Gasteiger partial charge is 0.439 e. The van der Waals surface area contributed by atoms with Gasteiger partial charge in [-0.25, -0.2) is 4.98 Å². The molecular weight excluding hydrogens is 284 g/mol. The summed E-state index contributed by atoms with van der Waals surface area (Å²) >= 11 is 6.06. The fourth-order valence-electron chi connectivity index (χ4n) is 1.83. The number of halogens is 1. The first-order valence-electron chi connectivity index (χ1n) is 7.08. The molecule has 112 valence electrons. The Kier molecular flexibility index (Phi) is 4.52. The quantitative estimate of drug-likeness (QED) is 0.718. The van der Waals surface area contributed by atoms with Crippen molar-refractivity contribution < 1.29 is 4.74 Å². The second-order valence-electron chi connectivity index (χ2n) is 6.43. The first kappa shape index (κ1) is 15.8. The van der Waals surface area contributed by atoms with E-state index in [4.69, 9.17) is 16.3 Å². The van der Waals surface area contributed by atoms with Gasteiger partial charge in [0, 0.05) is 11.5 Å². The van der Waals surface area contributed by atoms with Crippen molar-refractivity contribution in [2.24, 2.45) is 0 Å². The minimum atomic E-state index is -0.176. The van der Waals surface area contributed by atoms with Gasteiger partial charge in [-0.2, -0.15) is 4.98 Å². The fraction of sp³-hybridized carbons (Fsp3) is 0.412. The summed E-state index contributed by atoms with van der Waals surface area (Å²) in [5, 5.41) is 0.392. The van der Waals surface area contributed by atoms with Crippen LogP contribution in [0.1, 0.15) is 51.9 Å². The van der Waals surface area contributed by atoms with Crippen LogP contribution in [0.5, 0.6) is 11.6 Å². The molecule has 0 aliphatic carbocycles. The van der Waals surface area contributed by atoms with Crippen molar-refractivity contribution in [3.8, 4) is 11.6 Å². The maximum Gasteiger partial charge on any atom is 0.224 e. The van der Waals surface area contributed by atoms with Crippen molar-refractivity contribution in [2.75, 3.05) is 0 Å². The van der Waals surface area contributed by atoms with Crippen LogP contribution in [0, 0.1) is 0 Å². The molecule has 4 heteroatoms. The van der Waals surface area contributed by atoms with Gasteiger partial charge in [0.15, 0.2) is 0 Å². The van der Waals surface area contributed by atoms with Gasteiger partial charge in [0.1, 0.15) is 16.7 Å². The van der Waals surface area contributed by atoms with E-state index < -0.39 is 0 Å². The van der Waals surface area contributed by atoms with Crippen molar-refractivity contribution in [1.82, 2.24) is 9.97 Å². The van der Waals surface area contributed by atoms with Gasteiger partial charge < -0.3 is 4.74 Å². The zero-order chi connectivity index (χ0) is 15.6. The summed E-state index contributed by atoms with van der Waals surface area (Å²) in [5.74, 6) is 2.38. The smallest absolute Gasteiger partial charge is 0.224 e. The number of benzene rings is 1. The monoisotopic (exact) mass is 304 g/mol. The third-order valence-electron chi connectivity index (χ3n) is 3.11. The van der Waals surface area contributed by atoms with E-state index in [9.17, 15) is 0 Å². The van der Waals surface area contributed by atoms with Crippen molar-refractivity contribution in [3.05, 3.63) is 46.9 Å². The number of rotatable bonds is 3. The number of hydrogen-bond acceptors (Lipinski definition) is 3. The average Bonchev–Trinajstić information content (AvgIpc) is 2.37. The minimum Gasteiger partial charge on any atom is -0.439 e. The summed E-state index contributed by atoms with van der Waals surface area (Å²) in [6, 6.07) is 9.65. The SMILES string of the molecule is CC(C)c1ccc(Oc2cc(Cl)nc(C(C)(C)C)n2)cc1. The molecule has 0 aliphatic rings. The number of nitrogens with zero attached hydrogens (tertiary/aromatic N) is 2. The van der Waals surface area contributed by atoms with Crippen LogP contribution in [0.3, 0.4) is 0 Å². The molecule has 0 aliphatic heterocycles. The van der Waals surface area contributed by atoms with Crippen LogP contribution in [-0.4, -0.2) is 9.97 Å². The maximum absolute atomic E-state index is 6.06. The summed E-state index contributed by atoms with van der Waals surface area (Å²) < 4.78 is 5.79. The van der Waals surface area contributed by atoms with Crippen molar-refractivity contribution in [1.29, 1.82) is 0 Å². The highest BCUT2D eigenvalue weighted by molar-refractivity contribution is 6.29. The van der Waals surface area contributed by atoms with Crippen molar-refractivity contribution >= 4 is 11.6 Å². The molecule has 1 aromatic carbocycles. The molecule has 1 heterocycles. The molecule has 0 atom stereocenters. The Bertz CT molecular complexity index is 616. The highest BCUT2D eigenvalue weighted by atomic mass is 35.5. The molecule has 1 aromatic heterocycles. The van der Waals surface area contributed by atoms with Crippen LogP contribution in [0.25, 0.3) is 0 Å². The Hall–Kier alpha value is -1.61. The molecule has 3 nitrogen and oxygen atoms in total. The topological polar surface area (TPSA) is 35.0 Å². The molecular formula is C17H21ClN2O. The van der Waals surface area contributed by atoms with E-state index in [2.05, 4.69) is 35.9 Å². The Morgan fingerprint density at radius 1 is 1.05 bits per heavy atom. The van der Waals surface area contributed by atoms with Crippen LogP contribution in [0.4, 0.5) is 0 Å². The Morgan fingerprint density at radius 2 is 1.67 bits per heavy atom. The summed E-state index contributed by atoms with van der Waals surface area (Å²) in [6.45, 7) is 10.4. The first-order valence-corrected chi connectivity index (χ1v) is 7.46. The lowest BCUT2D eigenvalue weighted by atomic mass is 9.96. The van der Waals surface area contributed by atoms with Crippen LogP contribution in [0.15, 0.2) is 30.3 Å². The highest BCUT2D eigenvalue weighted by Crippen LogP contribution is 2.27. The van der Waals surface area contributed by atoms with Gasteiger partial charge in [0.2, 0.25) is 5.88 Å². The maximum atomic E-state index is 6.06. The summed E-state index contributed by atoms with van der Waals surface area (Å²) in [6.07, 6.45) is 0. The van der Waals surface area contributed by atoms with E-state index in [0.29, 0.717) is 22.8 Å². The van der Waals surface area contributed by atoms with Gasteiger partial charge in [-0.1, -0.05) is 58.4 Å². The lowest BCUT2D eigenvalue weighted by molar-refractivity contribution is 0.445. The standard InChI is InChI=1S/C17H21ClN2O/c1-11(2)12-6-8-13(9-7-12)21-15-10-14(18)19-16(20-15)17(3,4)5/h6-11H,1-5H3. The normalized spacial score (nSPS) is 11.8. The zero-order valence-electron chi connectivity index (χ0n) is 13.1.